The van der Waals surface area contributed by atoms with Crippen molar-refractivity contribution in [2.45, 2.75) is 13.0 Å². The first kappa shape index (κ1) is 18.6. The molecule has 26 heavy (non-hydrogen) atoms. The summed E-state index contributed by atoms with van der Waals surface area (Å²) in [4.78, 5) is 24.9. The van der Waals surface area contributed by atoms with Gasteiger partial charge in [-0.25, -0.2) is 9.78 Å². The molecule has 0 spiro atoms. The van der Waals surface area contributed by atoms with Crippen LogP contribution in [0.5, 0.6) is 11.5 Å². The molecular formula is C16H16N4O6. The van der Waals surface area contributed by atoms with Gasteiger partial charge in [-0.1, -0.05) is 6.07 Å². The number of methoxy groups -OCH3 is 1. The number of aliphatic carboxylic acids is 1. The van der Waals surface area contributed by atoms with E-state index in [1.807, 2.05) is 0 Å². The number of hydrazone groups is 1. The average molecular weight is 360 g/mol. The van der Waals surface area contributed by atoms with E-state index >= 15 is 0 Å². The third-order valence-corrected chi connectivity index (χ3v) is 3.21. The summed E-state index contributed by atoms with van der Waals surface area (Å²) in [7, 11) is 1.44. The second kappa shape index (κ2) is 8.42. The van der Waals surface area contributed by atoms with Crippen LogP contribution in [-0.4, -0.2) is 40.4 Å². The summed E-state index contributed by atoms with van der Waals surface area (Å²) in [5.41, 5.74) is 2.97. The van der Waals surface area contributed by atoms with E-state index in [4.69, 9.17) is 14.6 Å². The summed E-state index contributed by atoms with van der Waals surface area (Å²) < 4.78 is 10.6. The van der Waals surface area contributed by atoms with Gasteiger partial charge in [0.25, 0.3) is 5.69 Å². The number of rotatable bonds is 8. The predicted molar refractivity (Wildman–Crippen MR) is 92.8 cm³/mol. The number of carboxylic acids is 1. The van der Waals surface area contributed by atoms with Crippen LogP contribution in [0.2, 0.25) is 0 Å². The van der Waals surface area contributed by atoms with Crippen molar-refractivity contribution in [1.82, 2.24) is 4.98 Å². The van der Waals surface area contributed by atoms with Crippen molar-refractivity contribution in [1.29, 1.82) is 0 Å². The van der Waals surface area contributed by atoms with Crippen molar-refractivity contribution < 1.29 is 24.3 Å². The Morgan fingerprint density at radius 3 is 2.77 bits per heavy atom. The maximum atomic E-state index is 11.0. The van der Waals surface area contributed by atoms with E-state index in [2.05, 4.69) is 15.5 Å². The van der Waals surface area contributed by atoms with Gasteiger partial charge in [0.1, 0.15) is 12.0 Å². The van der Waals surface area contributed by atoms with Crippen LogP contribution in [0.15, 0.2) is 41.6 Å². The second-order valence-corrected chi connectivity index (χ2v) is 5.01. The van der Waals surface area contributed by atoms with E-state index in [1.165, 1.54) is 32.4 Å². The van der Waals surface area contributed by atoms with Crippen LogP contribution in [0.3, 0.4) is 0 Å². The summed E-state index contributed by atoms with van der Waals surface area (Å²) in [6.45, 7) is 1.40. The molecular weight excluding hydrogens is 344 g/mol. The first-order chi connectivity index (χ1) is 12.4. The van der Waals surface area contributed by atoms with Gasteiger partial charge in [0.2, 0.25) is 0 Å². The highest BCUT2D eigenvalue weighted by Crippen LogP contribution is 2.31. The molecule has 2 rings (SSSR count). The van der Waals surface area contributed by atoms with Crippen molar-refractivity contribution >= 4 is 23.7 Å². The summed E-state index contributed by atoms with van der Waals surface area (Å²) in [6, 6.07) is 7.69. The Kier molecular flexibility index (Phi) is 6.04. The van der Waals surface area contributed by atoms with Gasteiger partial charge in [-0.3, -0.25) is 15.5 Å². The molecule has 136 valence electrons. The van der Waals surface area contributed by atoms with Crippen LogP contribution in [0.25, 0.3) is 0 Å². The number of hydrogen-bond donors (Lipinski definition) is 2. The lowest BCUT2D eigenvalue weighted by atomic mass is 10.2. The van der Waals surface area contributed by atoms with Crippen molar-refractivity contribution in [2.24, 2.45) is 5.10 Å². The largest absolute Gasteiger partial charge is 0.493 e. The molecule has 1 aromatic carbocycles. The van der Waals surface area contributed by atoms with E-state index in [0.717, 1.165) is 6.20 Å². The van der Waals surface area contributed by atoms with E-state index in [0.29, 0.717) is 17.1 Å². The second-order valence-electron chi connectivity index (χ2n) is 5.01. The molecule has 0 aliphatic carbocycles. The quantitative estimate of drug-likeness (QED) is 0.416. The molecule has 10 heteroatoms. The topological polar surface area (TPSA) is 136 Å². The molecule has 1 heterocycles. The Hall–Kier alpha value is -3.69. The fraction of sp³-hybridized carbons (Fsp3) is 0.188. The molecule has 0 radical (unpaired) electrons. The van der Waals surface area contributed by atoms with Crippen molar-refractivity contribution in [3.8, 4) is 11.5 Å². The number of carbonyl (C=O) groups is 1. The van der Waals surface area contributed by atoms with Gasteiger partial charge in [-0.05, 0) is 25.1 Å². The summed E-state index contributed by atoms with van der Waals surface area (Å²) in [5, 5.41) is 23.6. The average Bonchev–Trinajstić information content (AvgIpc) is 2.63. The Bertz CT molecular complexity index is 822. The Balaban J connectivity index is 2.18. The van der Waals surface area contributed by atoms with Crippen LogP contribution in [-0.2, 0) is 4.79 Å². The molecule has 0 amide bonds. The molecule has 10 nitrogen and oxygen atoms in total. The highest BCUT2D eigenvalue weighted by atomic mass is 16.6. The number of nitrogens with zero attached hydrogens (tertiary/aromatic N) is 3. The minimum atomic E-state index is -1.12. The van der Waals surface area contributed by atoms with Gasteiger partial charge in [0.15, 0.2) is 17.6 Å². The van der Waals surface area contributed by atoms with Crippen LogP contribution in [0.1, 0.15) is 12.5 Å². The number of ether oxygens (including phenoxy) is 2. The maximum absolute atomic E-state index is 11.0. The summed E-state index contributed by atoms with van der Waals surface area (Å²) in [6.07, 6.45) is 1.42. The number of nitrogens with one attached hydrogen (secondary N) is 1. The number of nitro groups is 1. The van der Waals surface area contributed by atoms with Crippen LogP contribution in [0.4, 0.5) is 11.5 Å². The number of carboxylic acid groups (broad SMARTS) is 1. The normalized spacial score (nSPS) is 11.8. The Morgan fingerprint density at radius 2 is 2.19 bits per heavy atom. The first-order valence-electron chi connectivity index (χ1n) is 7.38. The molecule has 1 aromatic heterocycles. The lowest BCUT2D eigenvalue weighted by Crippen LogP contribution is -2.23. The monoisotopic (exact) mass is 360 g/mol. The molecule has 0 aliphatic heterocycles. The number of hydrogen-bond acceptors (Lipinski definition) is 8. The third-order valence-electron chi connectivity index (χ3n) is 3.21. The maximum Gasteiger partial charge on any atom is 0.344 e. The highest BCUT2D eigenvalue weighted by molar-refractivity contribution is 5.86. The lowest BCUT2D eigenvalue weighted by molar-refractivity contribution is -0.385. The molecule has 0 unspecified atom stereocenters. The molecule has 0 bridgehead atoms. The fourth-order valence-corrected chi connectivity index (χ4v) is 1.88. The standard InChI is InChI=1S/C16H16N4O6/c1-10(16(21)22)26-15-11(4-3-5-13(15)25-2)8-18-19-14-7-6-12(9-17-14)20(23)24/h3-10H,1-2H3,(H,17,19)(H,21,22)/b18-8-/t10-/m0/s1. The minimum absolute atomic E-state index is 0.134. The molecule has 0 fully saturated rings. The van der Waals surface area contributed by atoms with Gasteiger partial charge in [0.05, 0.1) is 18.2 Å². The molecule has 2 aromatic rings. The summed E-state index contributed by atoms with van der Waals surface area (Å²) >= 11 is 0. The molecule has 2 N–H and O–H groups in total. The zero-order valence-corrected chi connectivity index (χ0v) is 13.9. The third kappa shape index (κ3) is 4.66. The number of aromatic nitrogens is 1. The first-order valence-corrected chi connectivity index (χ1v) is 7.38. The number of benzene rings is 1. The zero-order chi connectivity index (χ0) is 19.1. The van der Waals surface area contributed by atoms with Crippen molar-refractivity contribution in [3.63, 3.8) is 0 Å². The smallest absolute Gasteiger partial charge is 0.344 e. The van der Waals surface area contributed by atoms with Gasteiger partial charge >= 0.3 is 5.97 Å². The van der Waals surface area contributed by atoms with Gasteiger partial charge in [-0.2, -0.15) is 5.10 Å². The Morgan fingerprint density at radius 1 is 1.42 bits per heavy atom. The Labute approximate surface area is 148 Å². The van der Waals surface area contributed by atoms with Crippen LogP contribution in [0, 0.1) is 10.1 Å². The van der Waals surface area contributed by atoms with Crippen LogP contribution >= 0.6 is 0 Å². The van der Waals surface area contributed by atoms with Crippen molar-refractivity contribution in [2.75, 3.05) is 12.5 Å². The van der Waals surface area contributed by atoms with Gasteiger partial charge in [0, 0.05) is 11.6 Å². The van der Waals surface area contributed by atoms with E-state index < -0.39 is 17.0 Å². The van der Waals surface area contributed by atoms with E-state index in [-0.39, 0.29) is 11.4 Å². The fourth-order valence-electron chi connectivity index (χ4n) is 1.88. The van der Waals surface area contributed by atoms with Gasteiger partial charge < -0.3 is 14.6 Å². The molecule has 0 saturated heterocycles. The lowest BCUT2D eigenvalue weighted by Gasteiger charge is -2.15. The van der Waals surface area contributed by atoms with E-state index in [1.54, 1.807) is 18.2 Å². The molecule has 0 saturated carbocycles. The van der Waals surface area contributed by atoms with Crippen molar-refractivity contribution in [3.05, 3.63) is 52.2 Å². The number of pyridine rings is 1. The summed E-state index contributed by atoms with van der Waals surface area (Å²) in [5.74, 6) is -0.231. The number of para-hydroxylation sites is 1. The minimum Gasteiger partial charge on any atom is -0.493 e. The highest BCUT2D eigenvalue weighted by Gasteiger charge is 2.17. The predicted octanol–water partition coefficient (Wildman–Crippen LogP) is 2.30. The zero-order valence-electron chi connectivity index (χ0n) is 13.9. The number of anilines is 1. The molecule has 0 aliphatic rings. The van der Waals surface area contributed by atoms with E-state index in [9.17, 15) is 14.9 Å². The molecule has 1 atom stereocenters. The van der Waals surface area contributed by atoms with Gasteiger partial charge in [-0.15, -0.1) is 0 Å². The SMILES string of the molecule is COc1cccc(/C=N\Nc2ccc([N+](=O)[O-])cn2)c1O[C@@H](C)C(=O)O. The van der Waals surface area contributed by atoms with Crippen LogP contribution < -0.4 is 14.9 Å².